The van der Waals surface area contributed by atoms with Crippen LogP contribution in [-0.2, 0) is 0 Å². The summed E-state index contributed by atoms with van der Waals surface area (Å²) in [5, 5.41) is 8.94. The molecule has 0 heterocycles. The Bertz CT molecular complexity index is 250. The van der Waals surface area contributed by atoms with Crippen LogP contribution in [0.15, 0.2) is 24.3 Å². The maximum Gasteiger partial charge on any atom is 1.00 e. The van der Waals surface area contributed by atoms with Gasteiger partial charge in [-0.05, 0) is 0 Å². The Kier molecular flexibility index (Phi) is 5.45. The molecule has 0 saturated heterocycles. The number of halogens is 1. The molecule has 11 heavy (non-hydrogen) atoms. The van der Waals surface area contributed by atoms with E-state index in [1.165, 1.54) is 6.42 Å². The van der Waals surface area contributed by atoms with E-state index in [2.05, 4.69) is 0 Å². The van der Waals surface area contributed by atoms with Crippen molar-refractivity contribution in [2.24, 2.45) is 0 Å². The first-order valence-electron chi connectivity index (χ1n) is 2.81. The second-order valence-corrected chi connectivity index (χ2v) is 2.26. The molecule has 50 valence electrons. The van der Waals surface area contributed by atoms with Gasteiger partial charge in [0.1, 0.15) is 0 Å². The minimum Gasteiger partial charge on any atom is -0.208 e. The summed E-state index contributed by atoms with van der Waals surface area (Å²) in [5.74, 6) is 0. The van der Waals surface area contributed by atoms with Crippen molar-refractivity contribution in [1.82, 2.24) is 0 Å². The van der Waals surface area contributed by atoms with Crippen molar-refractivity contribution in [3.63, 3.8) is 0 Å². The normalized spacial score (nSPS) is 7.64. The van der Waals surface area contributed by atoms with Gasteiger partial charge in [0.15, 0.2) is 0 Å². The third kappa shape index (κ3) is 3.69. The monoisotopic (exact) mass is 173 g/mol. The molecule has 1 aromatic carbocycles. The van der Waals surface area contributed by atoms with Gasteiger partial charge in [0.25, 0.3) is 0 Å². The van der Waals surface area contributed by atoms with Crippen LogP contribution >= 0.6 is 11.6 Å². The zero-order valence-electron chi connectivity index (χ0n) is 6.21. The molecule has 0 amide bonds. The molecule has 1 nitrogen and oxygen atoms in total. The topological polar surface area (TPSA) is 23.8 Å². The summed E-state index contributed by atoms with van der Waals surface area (Å²) < 4.78 is 0. The summed E-state index contributed by atoms with van der Waals surface area (Å²) in [4.78, 5) is 0. The van der Waals surface area contributed by atoms with Crippen LogP contribution in [0.4, 0.5) is 0 Å². The number of nitriles is 1. The van der Waals surface area contributed by atoms with Crippen molar-refractivity contribution in [2.75, 3.05) is 0 Å². The molecule has 0 saturated carbocycles. The third-order valence-electron chi connectivity index (χ3n) is 1.10. The van der Waals surface area contributed by atoms with Gasteiger partial charge in [0, 0.05) is 11.1 Å². The molecule has 0 radical (unpaired) electrons. The fraction of sp³-hybridized carbons (Fsp3) is 0. The minimum absolute atomic E-state index is 0. The molecule has 1 rings (SSSR count). The zero-order valence-corrected chi connectivity index (χ0v) is 8.97. The van der Waals surface area contributed by atoms with Crippen molar-refractivity contribution >= 4 is 11.6 Å². The Morgan fingerprint density at radius 1 is 1.27 bits per heavy atom. The largest absolute Gasteiger partial charge is 1.00 e. The van der Waals surface area contributed by atoms with Gasteiger partial charge < -0.3 is 0 Å². The van der Waals surface area contributed by atoms with Gasteiger partial charge in [-0.1, -0.05) is 30.2 Å². The predicted octanol–water partition coefficient (Wildman–Crippen LogP) is -0.580. The van der Waals surface area contributed by atoms with Gasteiger partial charge in [-0.3, -0.25) is 0 Å². The first-order chi connectivity index (χ1) is 4.83. The smallest absolute Gasteiger partial charge is 0.208 e. The van der Waals surface area contributed by atoms with Crippen LogP contribution in [0.25, 0.3) is 0 Å². The molecule has 3 heteroatoms. The van der Waals surface area contributed by atoms with Crippen LogP contribution < -0.4 is 29.6 Å². The second-order valence-electron chi connectivity index (χ2n) is 1.82. The molecule has 1 aromatic rings. The van der Waals surface area contributed by atoms with Crippen LogP contribution in [0, 0.1) is 17.8 Å². The van der Waals surface area contributed by atoms with Gasteiger partial charge >= 0.3 is 29.6 Å². The molecular formula is C8H5ClNNa. The van der Waals surface area contributed by atoms with Crippen LogP contribution in [0.2, 0.25) is 5.02 Å². The average Bonchev–Trinajstić information content (AvgIpc) is 1.95. The van der Waals surface area contributed by atoms with E-state index in [9.17, 15) is 0 Å². The average molecular weight is 174 g/mol. The van der Waals surface area contributed by atoms with Gasteiger partial charge in [0.05, 0.1) is 0 Å². The summed E-state index contributed by atoms with van der Waals surface area (Å²) in [7, 11) is 0. The van der Waals surface area contributed by atoms with Gasteiger partial charge in [-0.25, -0.2) is 5.26 Å². The molecule has 0 spiro atoms. The van der Waals surface area contributed by atoms with Crippen LogP contribution in [0.5, 0.6) is 0 Å². The zero-order chi connectivity index (χ0) is 7.40. The third-order valence-corrected chi connectivity index (χ3v) is 1.35. The molecule has 0 bridgehead atoms. The predicted molar refractivity (Wildman–Crippen MR) is 40.5 cm³/mol. The fourth-order valence-corrected chi connectivity index (χ4v) is 0.760. The van der Waals surface area contributed by atoms with Gasteiger partial charge in [-0.15, -0.1) is 0 Å². The number of rotatable bonds is 1. The van der Waals surface area contributed by atoms with Crippen molar-refractivity contribution in [1.29, 1.82) is 5.26 Å². The SMILES string of the molecule is N#C[CH-]c1ccc(Cl)cc1.[Na+]. The van der Waals surface area contributed by atoms with Crippen molar-refractivity contribution in [3.05, 3.63) is 41.3 Å². The molecule has 0 fully saturated rings. The van der Waals surface area contributed by atoms with Crippen molar-refractivity contribution in [3.8, 4) is 6.07 Å². The fourth-order valence-electron chi connectivity index (χ4n) is 0.634. The van der Waals surface area contributed by atoms with Crippen molar-refractivity contribution in [2.45, 2.75) is 0 Å². The number of hydrogen-bond acceptors (Lipinski definition) is 1. The van der Waals surface area contributed by atoms with E-state index >= 15 is 0 Å². The molecule has 0 unspecified atom stereocenters. The molecule has 0 aliphatic rings. The van der Waals surface area contributed by atoms with E-state index in [4.69, 9.17) is 16.9 Å². The molecule has 0 aliphatic heterocycles. The molecule has 0 atom stereocenters. The Morgan fingerprint density at radius 2 is 1.82 bits per heavy atom. The van der Waals surface area contributed by atoms with E-state index in [0.29, 0.717) is 5.02 Å². The number of hydrogen-bond donors (Lipinski definition) is 0. The summed E-state index contributed by atoms with van der Waals surface area (Å²) in [5.41, 5.74) is 0.881. The number of nitrogens with zero attached hydrogens (tertiary/aromatic N) is 1. The quantitative estimate of drug-likeness (QED) is 0.412. The van der Waals surface area contributed by atoms with Crippen LogP contribution in [0.3, 0.4) is 0 Å². The molecule has 0 N–H and O–H groups in total. The Hall–Kier alpha value is -0.130. The molecular weight excluding hydrogens is 169 g/mol. The molecule has 0 aliphatic carbocycles. The standard InChI is InChI=1S/C8H5ClN.Na/c9-8-3-1-7(2-4-8)5-6-10;/h1-5H;/q-1;+1. The van der Waals surface area contributed by atoms with E-state index in [-0.39, 0.29) is 29.6 Å². The van der Waals surface area contributed by atoms with E-state index in [0.717, 1.165) is 5.56 Å². The maximum absolute atomic E-state index is 8.25. The van der Waals surface area contributed by atoms with E-state index in [1.54, 1.807) is 24.3 Å². The second kappa shape index (κ2) is 5.51. The van der Waals surface area contributed by atoms with Crippen molar-refractivity contribution < 1.29 is 29.6 Å². The van der Waals surface area contributed by atoms with E-state index < -0.39 is 0 Å². The number of benzene rings is 1. The minimum atomic E-state index is 0. The summed E-state index contributed by atoms with van der Waals surface area (Å²) in [6.45, 7) is 0. The summed E-state index contributed by atoms with van der Waals surface area (Å²) in [6.07, 6.45) is 1.47. The van der Waals surface area contributed by atoms with Gasteiger partial charge in [-0.2, -0.15) is 17.7 Å². The summed E-state index contributed by atoms with van der Waals surface area (Å²) in [6, 6.07) is 9.04. The first-order valence-corrected chi connectivity index (χ1v) is 3.19. The van der Waals surface area contributed by atoms with Crippen LogP contribution in [-0.4, -0.2) is 0 Å². The maximum atomic E-state index is 8.25. The Balaban J connectivity index is 0.000001000. The summed E-state index contributed by atoms with van der Waals surface area (Å²) >= 11 is 5.62. The van der Waals surface area contributed by atoms with E-state index in [1.807, 2.05) is 6.07 Å². The first kappa shape index (κ1) is 10.9. The van der Waals surface area contributed by atoms with Gasteiger partial charge in [0.2, 0.25) is 0 Å². The Morgan fingerprint density at radius 3 is 2.27 bits per heavy atom. The molecule has 0 aromatic heterocycles. The van der Waals surface area contributed by atoms with Crippen LogP contribution in [0.1, 0.15) is 5.56 Å². The Labute approximate surface area is 93.3 Å².